The Kier molecular flexibility index (Phi) is 4.53. The van der Waals surface area contributed by atoms with Crippen LogP contribution in [0.4, 0.5) is 0 Å². The van der Waals surface area contributed by atoms with Gasteiger partial charge in [-0.05, 0) is 0 Å². The predicted octanol–water partition coefficient (Wildman–Crippen LogP) is -1.14. The summed E-state index contributed by atoms with van der Waals surface area (Å²) < 4.78 is 29.4. The Hall–Kier alpha value is -0.310. The Morgan fingerprint density at radius 3 is 2.42 bits per heavy atom. The lowest BCUT2D eigenvalue weighted by atomic mass is 10.5. The summed E-state index contributed by atoms with van der Waals surface area (Å²) in [6, 6.07) is 0. The van der Waals surface area contributed by atoms with Crippen molar-refractivity contribution in [2.75, 3.05) is 12.4 Å². The standard InChI is InChI=1S/C4H10N2O4S2/c5-4(6)11-2-3(1-7)12(8,9)10/h3,7H,1-2H2,(H3,5,6)(H,8,9,10). The monoisotopic (exact) mass is 214 g/mol. The number of hydrogen-bond donors (Lipinski definition) is 4. The molecule has 0 aliphatic heterocycles. The molecule has 0 rings (SSSR count). The highest BCUT2D eigenvalue weighted by Crippen LogP contribution is 2.07. The van der Waals surface area contributed by atoms with E-state index in [-0.39, 0.29) is 10.9 Å². The summed E-state index contributed by atoms with van der Waals surface area (Å²) >= 11 is 0.753. The number of hydrogen-bond acceptors (Lipinski definition) is 5. The van der Waals surface area contributed by atoms with Gasteiger partial charge in [0.25, 0.3) is 10.1 Å². The minimum atomic E-state index is -4.23. The fourth-order valence-corrected chi connectivity index (χ4v) is 1.97. The summed E-state index contributed by atoms with van der Waals surface area (Å²) in [5.74, 6) is -0.120. The summed E-state index contributed by atoms with van der Waals surface area (Å²) in [4.78, 5) is 0. The summed E-state index contributed by atoms with van der Waals surface area (Å²) in [6.07, 6.45) is 0. The van der Waals surface area contributed by atoms with Crippen molar-refractivity contribution in [3.63, 3.8) is 0 Å². The molecular weight excluding hydrogens is 204 g/mol. The van der Waals surface area contributed by atoms with Crippen LogP contribution in [0.15, 0.2) is 0 Å². The van der Waals surface area contributed by atoms with E-state index in [1.165, 1.54) is 0 Å². The molecule has 0 aromatic carbocycles. The second-order valence-corrected chi connectivity index (χ2v) is 4.75. The lowest BCUT2D eigenvalue weighted by Gasteiger charge is -2.08. The molecule has 72 valence electrons. The first-order valence-electron chi connectivity index (χ1n) is 2.92. The second kappa shape index (κ2) is 4.65. The van der Waals surface area contributed by atoms with E-state index in [1.54, 1.807) is 0 Å². The van der Waals surface area contributed by atoms with Gasteiger partial charge >= 0.3 is 0 Å². The first-order valence-corrected chi connectivity index (χ1v) is 5.40. The molecule has 0 amide bonds. The van der Waals surface area contributed by atoms with Gasteiger partial charge in [0.2, 0.25) is 0 Å². The maximum Gasteiger partial charge on any atom is 0.270 e. The maximum absolute atomic E-state index is 10.4. The molecule has 8 heteroatoms. The second-order valence-electron chi connectivity index (χ2n) is 1.99. The van der Waals surface area contributed by atoms with Gasteiger partial charge in [-0.3, -0.25) is 9.96 Å². The van der Waals surface area contributed by atoms with Gasteiger partial charge in [-0.25, -0.2) is 0 Å². The number of thioether (sulfide) groups is 1. The van der Waals surface area contributed by atoms with Gasteiger partial charge in [0.1, 0.15) is 5.25 Å². The Morgan fingerprint density at radius 1 is 1.67 bits per heavy atom. The topological polar surface area (TPSA) is 124 Å². The number of amidine groups is 1. The van der Waals surface area contributed by atoms with Crippen LogP contribution in [-0.2, 0) is 10.1 Å². The van der Waals surface area contributed by atoms with Crippen molar-refractivity contribution in [1.29, 1.82) is 5.41 Å². The van der Waals surface area contributed by atoms with Crippen LogP contribution in [0.25, 0.3) is 0 Å². The Bertz CT molecular complexity index is 250. The van der Waals surface area contributed by atoms with Gasteiger partial charge in [0.05, 0.1) is 6.61 Å². The maximum atomic E-state index is 10.4. The molecule has 6 nitrogen and oxygen atoms in total. The third-order valence-electron chi connectivity index (χ3n) is 1.05. The zero-order valence-corrected chi connectivity index (χ0v) is 7.73. The molecule has 5 N–H and O–H groups in total. The van der Waals surface area contributed by atoms with Crippen molar-refractivity contribution >= 4 is 27.0 Å². The minimum absolute atomic E-state index is 0.120. The average Bonchev–Trinajstić information content (AvgIpc) is 1.85. The van der Waals surface area contributed by atoms with Gasteiger partial charge in [-0.1, -0.05) is 11.8 Å². The summed E-state index contributed by atoms with van der Waals surface area (Å²) in [5, 5.41) is 13.7. The van der Waals surface area contributed by atoms with E-state index in [1.807, 2.05) is 0 Å². The number of aliphatic hydroxyl groups excluding tert-OH is 1. The van der Waals surface area contributed by atoms with Crippen LogP contribution in [0.5, 0.6) is 0 Å². The first kappa shape index (κ1) is 11.7. The van der Waals surface area contributed by atoms with Crippen LogP contribution in [0.1, 0.15) is 0 Å². The van der Waals surface area contributed by atoms with Gasteiger partial charge in [-0.15, -0.1) is 0 Å². The minimum Gasteiger partial charge on any atom is -0.395 e. The molecule has 0 aromatic rings. The zero-order chi connectivity index (χ0) is 9.78. The number of aliphatic hydroxyl groups is 1. The van der Waals surface area contributed by atoms with Crippen LogP contribution in [0.3, 0.4) is 0 Å². The van der Waals surface area contributed by atoms with Crippen molar-refractivity contribution in [1.82, 2.24) is 0 Å². The lowest BCUT2D eigenvalue weighted by Crippen LogP contribution is -2.28. The van der Waals surface area contributed by atoms with Crippen molar-refractivity contribution in [3.8, 4) is 0 Å². The number of nitrogens with two attached hydrogens (primary N) is 1. The molecule has 0 radical (unpaired) electrons. The molecule has 0 aliphatic carbocycles. The molecule has 0 saturated carbocycles. The van der Waals surface area contributed by atoms with Crippen molar-refractivity contribution < 1.29 is 18.1 Å². The Labute approximate surface area is 74.4 Å². The molecule has 0 fully saturated rings. The zero-order valence-electron chi connectivity index (χ0n) is 6.10. The summed E-state index contributed by atoms with van der Waals surface area (Å²) in [7, 11) is -4.23. The molecule has 0 aliphatic rings. The molecule has 0 heterocycles. The van der Waals surface area contributed by atoms with E-state index >= 15 is 0 Å². The third-order valence-corrected chi connectivity index (χ3v) is 3.30. The van der Waals surface area contributed by atoms with Crippen molar-refractivity contribution in [3.05, 3.63) is 0 Å². The number of nitrogens with one attached hydrogen (secondary N) is 1. The van der Waals surface area contributed by atoms with E-state index in [0.717, 1.165) is 11.8 Å². The molecular formula is C4H10N2O4S2. The van der Waals surface area contributed by atoms with E-state index in [9.17, 15) is 8.42 Å². The fourth-order valence-electron chi connectivity index (χ4n) is 0.416. The van der Waals surface area contributed by atoms with Crippen molar-refractivity contribution in [2.24, 2.45) is 5.73 Å². The highest BCUT2D eigenvalue weighted by molar-refractivity contribution is 8.14. The lowest BCUT2D eigenvalue weighted by molar-refractivity contribution is 0.291. The van der Waals surface area contributed by atoms with Crippen molar-refractivity contribution in [2.45, 2.75) is 5.25 Å². The molecule has 12 heavy (non-hydrogen) atoms. The summed E-state index contributed by atoms with van der Waals surface area (Å²) in [6.45, 7) is -0.681. The SMILES string of the molecule is N=C(N)SCC(CO)S(=O)(=O)O. The fraction of sp³-hybridized carbons (Fsp3) is 0.750. The molecule has 0 bridgehead atoms. The van der Waals surface area contributed by atoms with Gasteiger partial charge < -0.3 is 10.8 Å². The van der Waals surface area contributed by atoms with Crippen LogP contribution < -0.4 is 5.73 Å². The molecule has 0 spiro atoms. The van der Waals surface area contributed by atoms with Gasteiger partial charge in [-0.2, -0.15) is 8.42 Å². The van der Waals surface area contributed by atoms with Crippen LogP contribution >= 0.6 is 11.8 Å². The van der Waals surface area contributed by atoms with E-state index < -0.39 is 22.0 Å². The quantitative estimate of drug-likeness (QED) is 0.266. The Morgan fingerprint density at radius 2 is 2.17 bits per heavy atom. The predicted molar refractivity (Wildman–Crippen MR) is 46.8 cm³/mol. The molecule has 1 atom stereocenters. The molecule has 1 unspecified atom stereocenters. The van der Waals surface area contributed by atoms with Gasteiger partial charge in [0, 0.05) is 5.75 Å². The van der Waals surface area contributed by atoms with Crippen LogP contribution in [0, 0.1) is 5.41 Å². The average molecular weight is 214 g/mol. The smallest absolute Gasteiger partial charge is 0.270 e. The Balaban J connectivity index is 4.11. The third kappa shape index (κ3) is 4.54. The van der Waals surface area contributed by atoms with E-state index in [0.29, 0.717) is 0 Å². The normalized spacial score (nSPS) is 14.2. The summed E-state index contributed by atoms with van der Waals surface area (Å²) in [5.41, 5.74) is 4.93. The van der Waals surface area contributed by atoms with Crippen LogP contribution in [-0.4, -0.2) is 40.9 Å². The highest BCUT2D eigenvalue weighted by Gasteiger charge is 2.22. The first-order chi connectivity index (χ1) is 5.38. The molecule has 0 saturated heterocycles. The van der Waals surface area contributed by atoms with Crippen LogP contribution in [0.2, 0.25) is 0 Å². The van der Waals surface area contributed by atoms with E-state index in [4.69, 9.17) is 20.8 Å². The highest BCUT2D eigenvalue weighted by atomic mass is 32.2. The van der Waals surface area contributed by atoms with Gasteiger partial charge in [0.15, 0.2) is 5.17 Å². The van der Waals surface area contributed by atoms with E-state index in [2.05, 4.69) is 0 Å². The largest absolute Gasteiger partial charge is 0.395 e. The molecule has 0 aromatic heterocycles. The number of rotatable bonds is 4.